The van der Waals surface area contributed by atoms with Crippen LogP contribution in [0.5, 0.6) is 0 Å². The third-order valence-corrected chi connectivity index (χ3v) is 6.23. The Labute approximate surface area is 181 Å². The topological polar surface area (TPSA) is 44.8 Å². The van der Waals surface area contributed by atoms with Gasteiger partial charge in [0.1, 0.15) is 0 Å². The van der Waals surface area contributed by atoms with E-state index in [9.17, 15) is 4.79 Å². The van der Waals surface area contributed by atoms with Crippen molar-refractivity contribution in [3.05, 3.63) is 64.6 Å². The van der Waals surface area contributed by atoms with Gasteiger partial charge in [0.2, 0.25) is 5.91 Å². The van der Waals surface area contributed by atoms with Crippen molar-refractivity contribution in [2.45, 2.75) is 12.5 Å². The van der Waals surface area contributed by atoms with Gasteiger partial charge in [0.15, 0.2) is 0 Å². The Balaban J connectivity index is 1.22. The van der Waals surface area contributed by atoms with Gasteiger partial charge >= 0.3 is 0 Å². The molecular formula is C23H28BrN3O2. The number of halogens is 1. The summed E-state index contributed by atoms with van der Waals surface area (Å²) in [5.74, 6) is 0.622. The minimum Gasteiger partial charge on any atom is -0.371 e. The number of hydrogen-bond acceptors (Lipinski definition) is 4. The van der Waals surface area contributed by atoms with Crippen LogP contribution in [0.15, 0.2) is 59.1 Å². The third-order valence-electron chi connectivity index (χ3n) is 5.73. The van der Waals surface area contributed by atoms with Gasteiger partial charge in [0, 0.05) is 42.9 Å². The van der Waals surface area contributed by atoms with Crippen molar-refractivity contribution in [2.24, 2.45) is 5.92 Å². The molecule has 6 heteroatoms. The number of carbonyl (C=O) groups is 1. The number of para-hydroxylation sites is 1. The van der Waals surface area contributed by atoms with E-state index in [1.807, 2.05) is 18.2 Å². The lowest BCUT2D eigenvalue weighted by Crippen LogP contribution is -2.45. The Kier molecular flexibility index (Phi) is 6.85. The van der Waals surface area contributed by atoms with Crippen LogP contribution in [-0.4, -0.2) is 56.7 Å². The summed E-state index contributed by atoms with van der Waals surface area (Å²) in [6.45, 7) is 5.44. The molecule has 0 aromatic heterocycles. The molecule has 2 unspecified atom stereocenters. The third kappa shape index (κ3) is 5.59. The highest BCUT2D eigenvalue weighted by molar-refractivity contribution is 9.10. The summed E-state index contributed by atoms with van der Waals surface area (Å²) in [5, 5.41) is 3.15. The van der Waals surface area contributed by atoms with Crippen LogP contribution < -0.4 is 10.2 Å². The highest BCUT2D eigenvalue weighted by Crippen LogP contribution is 2.25. The van der Waals surface area contributed by atoms with E-state index in [1.165, 1.54) is 5.69 Å². The molecule has 0 spiro atoms. The van der Waals surface area contributed by atoms with E-state index in [0.29, 0.717) is 19.1 Å². The highest BCUT2D eigenvalue weighted by atomic mass is 79.9. The van der Waals surface area contributed by atoms with Crippen LogP contribution in [0.4, 0.5) is 5.69 Å². The summed E-state index contributed by atoms with van der Waals surface area (Å²) in [4.78, 5) is 17.1. The molecule has 0 aliphatic carbocycles. The molecule has 2 aromatic carbocycles. The molecule has 2 saturated heterocycles. The summed E-state index contributed by atoms with van der Waals surface area (Å²) < 4.78 is 6.98. The first kappa shape index (κ1) is 20.4. The van der Waals surface area contributed by atoms with Gasteiger partial charge in [-0.25, -0.2) is 0 Å². The van der Waals surface area contributed by atoms with E-state index in [0.717, 1.165) is 49.2 Å². The number of hydrogen-bond donors (Lipinski definition) is 1. The first-order valence-corrected chi connectivity index (χ1v) is 11.1. The molecule has 2 atom stereocenters. The molecule has 1 N–H and O–H groups in total. The second kappa shape index (κ2) is 9.74. The SMILES string of the molecule is O=C(CN1CCOC(c2cccc(Br)c2)C1)NCC1CCN(c2ccccc2)C1. The smallest absolute Gasteiger partial charge is 0.234 e. The van der Waals surface area contributed by atoms with E-state index in [-0.39, 0.29) is 12.0 Å². The Bertz CT molecular complexity index is 817. The zero-order chi connectivity index (χ0) is 20.1. The second-order valence-corrected chi connectivity index (χ2v) is 8.81. The van der Waals surface area contributed by atoms with Crippen molar-refractivity contribution in [3.8, 4) is 0 Å². The minimum absolute atomic E-state index is 0.0170. The zero-order valence-corrected chi connectivity index (χ0v) is 18.2. The number of nitrogens with zero attached hydrogens (tertiary/aromatic N) is 2. The maximum atomic E-state index is 12.5. The summed E-state index contributed by atoms with van der Waals surface area (Å²) in [5.41, 5.74) is 2.42. The van der Waals surface area contributed by atoms with Crippen molar-refractivity contribution in [1.29, 1.82) is 0 Å². The highest BCUT2D eigenvalue weighted by Gasteiger charge is 2.25. The van der Waals surface area contributed by atoms with E-state index in [4.69, 9.17) is 4.74 Å². The molecule has 154 valence electrons. The maximum absolute atomic E-state index is 12.5. The van der Waals surface area contributed by atoms with Gasteiger partial charge in [-0.15, -0.1) is 0 Å². The van der Waals surface area contributed by atoms with E-state index in [1.54, 1.807) is 0 Å². The van der Waals surface area contributed by atoms with E-state index in [2.05, 4.69) is 67.4 Å². The van der Waals surface area contributed by atoms with Crippen molar-refractivity contribution >= 4 is 27.5 Å². The average molecular weight is 458 g/mol. The van der Waals surface area contributed by atoms with Crippen molar-refractivity contribution < 1.29 is 9.53 Å². The van der Waals surface area contributed by atoms with Crippen LogP contribution in [-0.2, 0) is 9.53 Å². The molecule has 0 bridgehead atoms. The maximum Gasteiger partial charge on any atom is 0.234 e. The first-order chi connectivity index (χ1) is 14.2. The zero-order valence-electron chi connectivity index (χ0n) is 16.6. The van der Waals surface area contributed by atoms with Gasteiger partial charge in [0.05, 0.1) is 19.3 Å². The Morgan fingerprint density at radius 3 is 2.79 bits per heavy atom. The predicted octanol–water partition coefficient (Wildman–Crippen LogP) is 3.47. The van der Waals surface area contributed by atoms with Gasteiger partial charge in [0.25, 0.3) is 0 Å². The van der Waals surface area contributed by atoms with Crippen molar-refractivity contribution in [2.75, 3.05) is 50.8 Å². The molecular weight excluding hydrogens is 430 g/mol. The molecule has 2 fully saturated rings. The Hall–Kier alpha value is -1.89. The van der Waals surface area contributed by atoms with Gasteiger partial charge < -0.3 is 15.0 Å². The van der Waals surface area contributed by atoms with Crippen molar-refractivity contribution in [1.82, 2.24) is 10.2 Å². The summed E-state index contributed by atoms with van der Waals surface area (Å²) >= 11 is 3.52. The summed E-state index contributed by atoms with van der Waals surface area (Å²) in [6.07, 6.45) is 1.14. The Morgan fingerprint density at radius 1 is 1.10 bits per heavy atom. The Morgan fingerprint density at radius 2 is 1.97 bits per heavy atom. The molecule has 2 aliphatic heterocycles. The predicted molar refractivity (Wildman–Crippen MR) is 119 cm³/mol. The molecule has 2 heterocycles. The number of rotatable bonds is 6. The monoisotopic (exact) mass is 457 g/mol. The normalized spacial score (nSPS) is 22.6. The number of ether oxygens (including phenoxy) is 1. The van der Waals surface area contributed by atoms with Crippen LogP contribution in [0.1, 0.15) is 18.1 Å². The lowest BCUT2D eigenvalue weighted by molar-refractivity contribution is -0.124. The van der Waals surface area contributed by atoms with Gasteiger partial charge in [-0.05, 0) is 42.2 Å². The van der Waals surface area contributed by atoms with Crippen molar-refractivity contribution in [3.63, 3.8) is 0 Å². The lowest BCUT2D eigenvalue weighted by Gasteiger charge is -2.32. The summed E-state index contributed by atoms with van der Waals surface area (Å²) in [7, 11) is 0. The van der Waals surface area contributed by atoms with Crippen LogP contribution >= 0.6 is 15.9 Å². The number of benzene rings is 2. The number of amides is 1. The number of morpholine rings is 1. The number of anilines is 1. The number of nitrogens with one attached hydrogen (secondary N) is 1. The molecule has 2 aliphatic rings. The van der Waals surface area contributed by atoms with E-state index < -0.39 is 0 Å². The molecule has 4 rings (SSSR count). The van der Waals surface area contributed by atoms with Crippen LogP contribution in [0, 0.1) is 5.92 Å². The molecule has 1 amide bonds. The first-order valence-electron chi connectivity index (χ1n) is 10.3. The van der Waals surface area contributed by atoms with Gasteiger partial charge in [-0.1, -0.05) is 46.3 Å². The fourth-order valence-corrected chi connectivity index (χ4v) is 4.56. The molecule has 5 nitrogen and oxygen atoms in total. The van der Waals surface area contributed by atoms with Gasteiger partial charge in [-0.2, -0.15) is 0 Å². The second-order valence-electron chi connectivity index (χ2n) is 7.89. The molecule has 29 heavy (non-hydrogen) atoms. The quantitative estimate of drug-likeness (QED) is 0.721. The number of carbonyl (C=O) groups excluding carboxylic acids is 1. The van der Waals surface area contributed by atoms with Gasteiger partial charge in [-0.3, -0.25) is 9.69 Å². The molecule has 0 saturated carbocycles. The standard InChI is InChI=1S/C23H28BrN3O2/c24-20-6-4-5-19(13-20)22-16-26(11-12-29-22)17-23(28)25-14-18-9-10-27(15-18)21-7-2-1-3-8-21/h1-8,13,18,22H,9-12,14-17H2,(H,25,28). The van der Waals surface area contributed by atoms with E-state index >= 15 is 0 Å². The van der Waals surface area contributed by atoms with Crippen LogP contribution in [0.25, 0.3) is 0 Å². The molecule has 2 aromatic rings. The largest absolute Gasteiger partial charge is 0.371 e. The lowest BCUT2D eigenvalue weighted by atomic mass is 10.1. The minimum atomic E-state index is 0.0170. The van der Waals surface area contributed by atoms with Crippen LogP contribution in [0.2, 0.25) is 0 Å². The summed E-state index contributed by atoms with van der Waals surface area (Å²) in [6, 6.07) is 18.7. The van der Waals surface area contributed by atoms with Crippen LogP contribution in [0.3, 0.4) is 0 Å². The fraction of sp³-hybridized carbons (Fsp3) is 0.435. The molecule has 0 radical (unpaired) electrons. The average Bonchev–Trinajstić information content (AvgIpc) is 3.22. The fourth-order valence-electron chi connectivity index (χ4n) is 4.14.